The third-order valence-electron chi connectivity index (χ3n) is 0.975. The van der Waals surface area contributed by atoms with Crippen LogP contribution in [-0.4, -0.2) is 32.4 Å². The molecule has 0 aromatic carbocycles. The van der Waals surface area contributed by atoms with Gasteiger partial charge in [0.15, 0.2) is 0 Å². The minimum atomic E-state index is -3.90. The Morgan fingerprint density at radius 1 is 1.33 bits per heavy atom. The monoisotopic (exact) mass is 241 g/mol. The summed E-state index contributed by atoms with van der Waals surface area (Å²) in [4.78, 5) is 20.1. The zero-order valence-electron chi connectivity index (χ0n) is 8.92. The van der Waals surface area contributed by atoms with Gasteiger partial charge in [-0.15, -0.1) is 0 Å². The van der Waals surface area contributed by atoms with Crippen molar-refractivity contribution < 1.29 is 33.1 Å². The Morgan fingerprint density at radius 2 is 1.73 bits per heavy atom. The fourth-order valence-corrected chi connectivity index (χ4v) is 0.453. The number of phosphoric ester groups is 1. The number of ether oxygens (including phenoxy) is 1. The summed E-state index contributed by atoms with van der Waals surface area (Å²) >= 11 is 0. The van der Waals surface area contributed by atoms with Crippen LogP contribution in [0.5, 0.6) is 0 Å². The van der Waals surface area contributed by atoms with Gasteiger partial charge in [0.1, 0.15) is 0 Å². The largest absolute Gasteiger partial charge is 0.756 e. The van der Waals surface area contributed by atoms with Gasteiger partial charge >= 0.3 is 5.97 Å². The Kier molecular flexibility index (Phi) is 9.30. The maximum Gasteiger partial charge on any atom is 0.333 e. The number of carbonyl (C=O) groups excluding carboxylic acids is 1. The summed E-state index contributed by atoms with van der Waals surface area (Å²) in [5, 5.41) is 8.41. The molecule has 15 heavy (non-hydrogen) atoms. The maximum atomic E-state index is 10.2. The summed E-state index contributed by atoms with van der Waals surface area (Å²) in [6, 6.07) is 0. The lowest BCUT2D eigenvalue weighted by molar-refractivity contribution is -0.220. The summed E-state index contributed by atoms with van der Waals surface area (Å²) in [6.07, 6.45) is 1.00. The van der Waals surface area contributed by atoms with Crippen molar-refractivity contribution >= 4 is 13.8 Å². The first-order valence-corrected chi connectivity index (χ1v) is 5.12. The highest BCUT2D eigenvalue weighted by Crippen LogP contribution is 2.34. The first-order valence-electron chi connectivity index (χ1n) is 3.66. The maximum absolute atomic E-state index is 10.2. The molecule has 0 heterocycles. The summed E-state index contributed by atoms with van der Waals surface area (Å²) in [5.74, 6) is -0.582. The fourth-order valence-electron chi connectivity index (χ4n) is 0.304. The molecule has 0 unspecified atom stereocenters. The predicted molar refractivity (Wildman–Crippen MR) is 50.0 cm³/mol. The van der Waals surface area contributed by atoms with Crippen molar-refractivity contribution in [3.05, 3.63) is 11.8 Å². The number of rotatable bonds is 3. The Balaban J connectivity index is 0. The van der Waals surface area contributed by atoms with E-state index in [1.54, 1.807) is 0 Å². The smallest absolute Gasteiger partial charge is 0.333 e. The Bertz CT molecular complexity index is 248. The molecular weight excluding hydrogens is 227 g/mol. The van der Waals surface area contributed by atoms with Crippen LogP contribution in [0, 0.1) is 0 Å². The molecular formula is C7H14O7P-. The van der Waals surface area contributed by atoms with E-state index in [0.717, 1.165) is 20.3 Å². The third kappa shape index (κ3) is 13.1. The van der Waals surface area contributed by atoms with Gasteiger partial charge in [-0.25, -0.2) is 4.79 Å². The van der Waals surface area contributed by atoms with Crippen LogP contribution in [0.25, 0.3) is 0 Å². The summed E-state index contributed by atoms with van der Waals surface area (Å²) in [7, 11) is -0.575. The standard InChI is InChI=1S/C5H8O3.C2H7O4P/c1-4(6)3-5(7)8-2;1-5-7(3,4)6-2/h3,6H,1-2H3;1-2H3,(H,3,4)/p-1/b4-3-;. The van der Waals surface area contributed by atoms with Gasteiger partial charge in [0.25, 0.3) is 7.82 Å². The van der Waals surface area contributed by atoms with Crippen LogP contribution in [0.4, 0.5) is 0 Å². The molecule has 0 aliphatic carbocycles. The Hall–Kier alpha value is -0.880. The summed E-state index contributed by atoms with van der Waals surface area (Å²) < 4.78 is 21.9. The normalized spacial score (nSPS) is 11.4. The van der Waals surface area contributed by atoms with E-state index in [-0.39, 0.29) is 5.76 Å². The zero-order valence-corrected chi connectivity index (χ0v) is 9.82. The van der Waals surface area contributed by atoms with Crippen molar-refractivity contribution in [1.29, 1.82) is 0 Å². The highest BCUT2D eigenvalue weighted by molar-refractivity contribution is 7.45. The molecule has 0 atom stereocenters. The van der Waals surface area contributed by atoms with Gasteiger partial charge < -0.3 is 23.8 Å². The summed E-state index contributed by atoms with van der Waals surface area (Å²) in [5.41, 5.74) is 0. The average molecular weight is 241 g/mol. The van der Waals surface area contributed by atoms with Gasteiger partial charge in [0, 0.05) is 14.2 Å². The first-order chi connectivity index (χ1) is 6.79. The predicted octanol–water partition coefficient (Wildman–Crippen LogP) is 0.369. The van der Waals surface area contributed by atoms with Gasteiger partial charge in [-0.2, -0.15) is 0 Å². The van der Waals surface area contributed by atoms with Gasteiger partial charge in [-0.1, -0.05) is 0 Å². The van der Waals surface area contributed by atoms with Crippen LogP contribution in [-0.2, 0) is 23.1 Å². The molecule has 0 rings (SSSR count). The van der Waals surface area contributed by atoms with Crippen molar-refractivity contribution in [2.24, 2.45) is 0 Å². The van der Waals surface area contributed by atoms with Crippen LogP contribution in [0.1, 0.15) is 6.92 Å². The van der Waals surface area contributed by atoms with Crippen LogP contribution >= 0.6 is 7.82 Å². The van der Waals surface area contributed by atoms with Crippen molar-refractivity contribution in [3.63, 3.8) is 0 Å². The minimum absolute atomic E-state index is 0.0446. The van der Waals surface area contributed by atoms with E-state index in [2.05, 4.69) is 13.8 Å². The van der Waals surface area contributed by atoms with E-state index in [1.165, 1.54) is 14.0 Å². The summed E-state index contributed by atoms with van der Waals surface area (Å²) in [6.45, 7) is 1.40. The van der Waals surface area contributed by atoms with Crippen molar-refractivity contribution in [1.82, 2.24) is 0 Å². The van der Waals surface area contributed by atoms with E-state index in [9.17, 15) is 14.3 Å². The molecule has 0 amide bonds. The molecule has 0 spiro atoms. The number of aliphatic hydroxyl groups excluding tert-OH is 1. The van der Waals surface area contributed by atoms with E-state index >= 15 is 0 Å². The number of esters is 1. The fraction of sp³-hybridized carbons (Fsp3) is 0.571. The number of carbonyl (C=O) groups is 1. The van der Waals surface area contributed by atoms with Crippen LogP contribution in [0.15, 0.2) is 11.8 Å². The number of allylic oxidation sites excluding steroid dienone is 1. The lowest BCUT2D eigenvalue weighted by Crippen LogP contribution is -2.02. The molecule has 0 aliphatic rings. The van der Waals surface area contributed by atoms with Crippen molar-refractivity contribution in [3.8, 4) is 0 Å². The number of methoxy groups -OCH3 is 1. The van der Waals surface area contributed by atoms with E-state index < -0.39 is 13.8 Å². The van der Waals surface area contributed by atoms with Gasteiger partial charge in [-0.3, -0.25) is 4.57 Å². The van der Waals surface area contributed by atoms with E-state index in [1.807, 2.05) is 0 Å². The second kappa shape index (κ2) is 8.43. The van der Waals surface area contributed by atoms with E-state index in [0.29, 0.717) is 0 Å². The minimum Gasteiger partial charge on any atom is -0.756 e. The number of hydrogen-bond acceptors (Lipinski definition) is 7. The zero-order chi connectivity index (χ0) is 12.5. The molecule has 0 saturated carbocycles. The Morgan fingerprint density at radius 3 is 1.80 bits per heavy atom. The molecule has 0 bridgehead atoms. The molecule has 0 saturated heterocycles. The van der Waals surface area contributed by atoms with Crippen molar-refractivity contribution in [2.75, 3.05) is 21.3 Å². The topological polar surface area (TPSA) is 105 Å². The van der Waals surface area contributed by atoms with Crippen LogP contribution in [0.3, 0.4) is 0 Å². The van der Waals surface area contributed by atoms with Gasteiger partial charge in [0.2, 0.25) is 0 Å². The molecule has 0 fully saturated rings. The van der Waals surface area contributed by atoms with Gasteiger partial charge in [0.05, 0.1) is 18.9 Å². The molecule has 7 nitrogen and oxygen atoms in total. The highest BCUT2D eigenvalue weighted by Gasteiger charge is 1.98. The number of hydrogen-bond donors (Lipinski definition) is 1. The molecule has 8 heteroatoms. The van der Waals surface area contributed by atoms with Crippen molar-refractivity contribution in [2.45, 2.75) is 6.92 Å². The van der Waals surface area contributed by atoms with Crippen LogP contribution in [0.2, 0.25) is 0 Å². The molecule has 0 aromatic heterocycles. The third-order valence-corrected chi connectivity index (χ3v) is 1.87. The van der Waals surface area contributed by atoms with E-state index in [4.69, 9.17) is 5.11 Å². The molecule has 90 valence electrons. The Labute approximate surface area is 87.9 Å². The molecule has 0 aliphatic heterocycles. The second-order valence-corrected chi connectivity index (χ2v) is 3.75. The molecule has 0 radical (unpaired) electrons. The first kappa shape index (κ1) is 16.5. The molecule has 1 N–H and O–H groups in total. The second-order valence-electron chi connectivity index (χ2n) is 2.12. The average Bonchev–Trinajstić information content (AvgIpc) is 2.18. The number of phosphoric acid groups is 1. The quantitative estimate of drug-likeness (QED) is 0.329. The number of aliphatic hydroxyl groups is 1. The van der Waals surface area contributed by atoms with Crippen LogP contribution < -0.4 is 4.89 Å². The SMILES string of the molecule is COC(=O)/C=C(/C)O.COP(=O)([O-])OC. The highest BCUT2D eigenvalue weighted by atomic mass is 31.2. The molecule has 0 aromatic rings. The lowest BCUT2D eigenvalue weighted by atomic mass is 10.5. The lowest BCUT2D eigenvalue weighted by Gasteiger charge is -2.16. The van der Waals surface area contributed by atoms with Gasteiger partial charge in [-0.05, 0) is 6.92 Å².